The van der Waals surface area contributed by atoms with Crippen LogP contribution in [0.5, 0.6) is 0 Å². The first-order chi connectivity index (χ1) is 19.0. The summed E-state index contributed by atoms with van der Waals surface area (Å²) in [6, 6.07) is 37.4. The Labute approximate surface area is 242 Å². The van der Waals surface area contributed by atoms with Crippen molar-refractivity contribution in [2.75, 3.05) is 0 Å². The Morgan fingerprint density at radius 1 is 0.667 bits per heavy atom. The summed E-state index contributed by atoms with van der Waals surface area (Å²) in [6.07, 6.45) is 4.67. The minimum atomic E-state index is -2.72. The predicted molar refractivity (Wildman–Crippen MR) is 164 cm³/mol. The third-order valence-corrected chi connectivity index (χ3v) is 18.0. The van der Waals surface area contributed by atoms with Crippen LogP contribution in [0.2, 0.25) is 0 Å². The second kappa shape index (κ2) is 10.9. The molecule has 2 aliphatic carbocycles. The molecule has 39 heavy (non-hydrogen) atoms. The van der Waals surface area contributed by atoms with Gasteiger partial charge in [-0.05, 0) is 0 Å². The standard InChI is InChI=1S/C17H17.C13H10.C8H11.Zr/c1-3-12-5-7-16-14(9-12)11-15-10-13(4-2)6-8-17(15)16;1-3-7-12(8-4-1)11-13-9-5-2-6-10-13;1-6-4-7(2)8(3)5-6;/h5-11H,3-4H2,1-2H3;1-10H;4,6H,1-3H3;. The minimum absolute atomic E-state index is 0.456. The molecule has 0 radical (unpaired) electrons. The Balaban J connectivity index is 1.78. The van der Waals surface area contributed by atoms with Crippen LogP contribution in [0.1, 0.15) is 71.6 Å². The summed E-state index contributed by atoms with van der Waals surface area (Å²) in [7, 11) is 0. The van der Waals surface area contributed by atoms with Crippen LogP contribution in [0.3, 0.4) is 0 Å². The van der Waals surface area contributed by atoms with E-state index in [2.05, 4.69) is 138 Å². The third-order valence-electron chi connectivity index (χ3n) is 8.88. The number of rotatable bonds is 6. The molecule has 0 saturated heterocycles. The zero-order valence-electron chi connectivity index (χ0n) is 23.9. The van der Waals surface area contributed by atoms with Gasteiger partial charge in [0.05, 0.1) is 0 Å². The van der Waals surface area contributed by atoms with Gasteiger partial charge in [0.1, 0.15) is 0 Å². The first-order valence-electron chi connectivity index (χ1n) is 14.5. The summed E-state index contributed by atoms with van der Waals surface area (Å²) in [5.41, 5.74) is 14.8. The first-order valence-corrected chi connectivity index (χ1v) is 18.4. The number of fused-ring (bicyclic) bond motifs is 3. The van der Waals surface area contributed by atoms with E-state index in [0.717, 1.165) is 12.8 Å². The van der Waals surface area contributed by atoms with Crippen LogP contribution in [0, 0.1) is 5.92 Å². The number of allylic oxidation sites excluding steroid dienone is 4. The molecule has 0 aromatic heterocycles. The average Bonchev–Trinajstić information content (AvgIpc) is 3.43. The van der Waals surface area contributed by atoms with E-state index in [1.807, 2.05) is 0 Å². The second-order valence-electron chi connectivity index (χ2n) is 11.2. The summed E-state index contributed by atoms with van der Waals surface area (Å²) < 4.78 is 3.86. The Morgan fingerprint density at radius 2 is 1.15 bits per heavy atom. The molecule has 0 spiro atoms. The van der Waals surface area contributed by atoms with Gasteiger partial charge in [0, 0.05) is 0 Å². The monoisotopic (exact) mass is 584 g/mol. The quantitative estimate of drug-likeness (QED) is 0.211. The average molecular weight is 586 g/mol. The fourth-order valence-electron chi connectivity index (χ4n) is 6.82. The molecule has 1 unspecified atom stereocenters. The van der Waals surface area contributed by atoms with Crippen LogP contribution in [0.25, 0.3) is 11.1 Å². The number of hydrogen-bond donors (Lipinski definition) is 0. The van der Waals surface area contributed by atoms with E-state index < -0.39 is 21.3 Å². The molecular formula is C38H38Zr. The molecule has 0 amide bonds. The molecule has 0 aliphatic heterocycles. The van der Waals surface area contributed by atoms with Crippen molar-refractivity contribution in [2.24, 2.45) is 5.92 Å². The molecule has 4 aromatic rings. The van der Waals surface area contributed by atoms with Gasteiger partial charge in [0.15, 0.2) is 0 Å². The fraction of sp³-hybridized carbons (Fsp3) is 0.237. The SMILES string of the molecule is CCc1ccc2c(c1)[CH]([Zr]([C]1=C(C)C(C)=CC1C)=[C](c1ccccc1)c1ccccc1)c1cc(CC)ccc1-2. The van der Waals surface area contributed by atoms with Gasteiger partial charge in [0.25, 0.3) is 0 Å². The summed E-state index contributed by atoms with van der Waals surface area (Å²) >= 11 is -2.72. The molecular weight excluding hydrogens is 548 g/mol. The van der Waals surface area contributed by atoms with Gasteiger partial charge in [-0.1, -0.05) is 0 Å². The molecule has 0 saturated carbocycles. The van der Waals surface area contributed by atoms with Crippen LogP contribution in [-0.4, -0.2) is 3.21 Å². The number of aryl methyl sites for hydroxylation is 2. The molecule has 0 fully saturated rings. The number of benzene rings is 4. The summed E-state index contributed by atoms with van der Waals surface area (Å²) in [6.45, 7) is 11.8. The zero-order valence-corrected chi connectivity index (χ0v) is 26.3. The van der Waals surface area contributed by atoms with E-state index in [9.17, 15) is 0 Å². The van der Waals surface area contributed by atoms with Crippen LogP contribution in [0.15, 0.2) is 118 Å². The van der Waals surface area contributed by atoms with Gasteiger partial charge in [-0.2, -0.15) is 0 Å². The van der Waals surface area contributed by atoms with Crippen molar-refractivity contribution in [3.63, 3.8) is 0 Å². The van der Waals surface area contributed by atoms with Crippen molar-refractivity contribution in [3.8, 4) is 11.1 Å². The normalized spacial score (nSPS) is 16.2. The third kappa shape index (κ3) is 4.64. The summed E-state index contributed by atoms with van der Waals surface area (Å²) in [5, 5.41) is 0. The van der Waals surface area contributed by atoms with Crippen LogP contribution in [0.4, 0.5) is 0 Å². The Kier molecular flexibility index (Phi) is 7.39. The van der Waals surface area contributed by atoms with Crippen molar-refractivity contribution >= 4 is 3.21 Å². The Morgan fingerprint density at radius 3 is 1.56 bits per heavy atom. The van der Waals surface area contributed by atoms with E-state index in [0.29, 0.717) is 9.54 Å². The van der Waals surface area contributed by atoms with Crippen molar-refractivity contribution < 1.29 is 21.3 Å². The van der Waals surface area contributed by atoms with Gasteiger partial charge < -0.3 is 0 Å². The topological polar surface area (TPSA) is 0 Å². The van der Waals surface area contributed by atoms with Gasteiger partial charge in [-0.25, -0.2) is 0 Å². The van der Waals surface area contributed by atoms with Crippen molar-refractivity contribution in [1.82, 2.24) is 0 Å². The predicted octanol–water partition coefficient (Wildman–Crippen LogP) is 9.64. The zero-order chi connectivity index (χ0) is 27.1. The van der Waals surface area contributed by atoms with E-state index in [1.165, 1.54) is 39.0 Å². The molecule has 194 valence electrons. The molecule has 0 N–H and O–H groups in total. The molecule has 1 heteroatoms. The Hall–Kier alpha value is -2.89. The summed E-state index contributed by atoms with van der Waals surface area (Å²) in [5.74, 6) is 0.484. The second-order valence-corrected chi connectivity index (χ2v) is 17.2. The van der Waals surface area contributed by atoms with Crippen molar-refractivity contribution in [2.45, 2.75) is 51.1 Å². The fourth-order valence-corrected chi connectivity index (χ4v) is 16.9. The van der Waals surface area contributed by atoms with Gasteiger partial charge in [-0.15, -0.1) is 0 Å². The van der Waals surface area contributed by atoms with E-state index in [-0.39, 0.29) is 0 Å². The molecule has 1 atom stereocenters. The van der Waals surface area contributed by atoms with Crippen molar-refractivity contribution in [3.05, 3.63) is 151 Å². The van der Waals surface area contributed by atoms with Gasteiger partial charge >= 0.3 is 244 Å². The maximum absolute atomic E-state index is 2.72. The molecule has 6 rings (SSSR count). The van der Waals surface area contributed by atoms with Crippen molar-refractivity contribution in [1.29, 1.82) is 0 Å². The van der Waals surface area contributed by atoms with E-state index >= 15 is 0 Å². The van der Waals surface area contributed by atoms with Crippen LogP contribution in [-0.2, 0) is 34.1 Å². The van der Waals surface area contributed by atoms with Crippen LogP contribution >= 0.6 is 0 Å². The molecule has 0 nitrogen and oxygen atoms in total. The number of hydrogen-bond acceptors (Lipinski definition) is 0. The van der Waals surface area contributed by atoms with E-state index in [1.54, 1.807) is 23.2 Å². The molecule has 4 aromatic carbocycles. The maximum atomic E-state index is 2.57. The Bertz CT molecular complexity index is 1540. The first kappa shape index (κ1) is 26.3. The summed E-state index contributed by atoms with van der Waals surface area (Å²) in [4.78, 5) is 0. The molecule has 0 bridgehead atoms. The molecule has 0 heterocycles. The molecule has 2 aliphatic rings. The van der Waals surface area contributed by atoms with Gasteiger partial charge in [0.2, 0.25) is 0 Å². The van der Waals surface area contributed by atoms with E-state index in [4.69, 9.17) is 0 Å². The van der Waals surface area contributed by atoms with Gasteiger partial charge in [-0.3, -0.25) is 0 Å². The van der Waals surface area contributed by atoms with Crippen LogP contribution < -0.4 is 0 Å².